The molecular formula is C20H21FO2. The summed E-state index contributed by atoms with van der Waals surface area (Å²) in [7, 11) is 0. The molecule has 1 fully saturated rings. The first-order valence-corrected chi connectivity index (χ1v) is 8.19. The van der Waals surface area contributed by atoms with E-state index in [4.69, 9.17) is 4.74 Å². The zero-order valence-corrected chi connectivity index (χ0v) is 13.3. The Kier molecular flexibility index (Phi) is 4.75. The van der Waals surface area contributed by atoms with Gasteiger partial charge in [-0.15, -0.1) is 0 Å². The Hall–Kier alpha value is -2.16. The molecule has 0 atom stereocenters. The third-order valence-corrected chi connectivity index (χ3v) is 4.64. The van der Waals surface area contributed by atoms with Crippen LogP contribution in [0.15, 0.2) is 48.5 Å². The van der Waals surface area contributed by atoms with Crippen LogP contribution in [0.5, 0.6) is 5.75 Å². The molecule has 1 aliphatic carbocycles. The first-order chi connectivity index (χ1) is 11.1. The van der Waals surface area contributed by atoms with Crippen molar-refractivity contribution in [2.24, 2.45) is 5.92 Å². The molecule has 2 aromatic carbocycles. The number of hydrogen-bond acceptors (Lipinski definition) is 2. The molecule has 0 radical (unpaired) electrons. The number of hydrogen-bond donors (Lipinski definition) is 0. The van der Waals surface area contributed by atoms with Crippen molar-refractivity contribution in [3.05, 3.63) is 65.5 Å². The number of halogens is 1. The minimum absolute atomic E-state index is 0.223. The Balaban J connectivity index is 1.65. The lowest BCUT2D eigenvalue weighted by Gasteiger charge is -2.26. The van der Waals surface area contributed by atoms with Crippen LogP contribution in [0, 0.1) is 11.7 Å². The van der Waals surface area contributed by atoms with Crippen LogP contribution in [0.4, 0.5) is 4.39 Å². The highest BCUT2D eigenvalue weighted by Gasteiger charge is 2.20. The van der Waals surface area contributed by atoms with Crippen molar-refractivity contribution in [3.63, 3.8) is 0 Å². The molecular weight excluding hydrogens is 291 g/mol. The molecule has 0 bridgehead atoms. The Bertz CT molecular complexity index is 670. The van der Waals surface area contributed by atoms with E-state index in [9.17, 15) is 9.18 Å². The number of benzene rings is 2. The van der Waals surface area contributed by atoms with Gasteiger partial charge in [0.05, 0.1) is 5.56 Å². The van der Waals surface area contributed by atoms with Crippen molar-refractivity contribution in [1.29, 1.82) is 0 Å². The molecule has 0 N–H and O–H groups in total. The Morgan fingerprint density at radius 1 is 1.04 bits per heavy atom. The summed E-state index contributed by atoms with van der Waals surface area (Å²) in [5, 5.41) is 0. The zero-order valence-electron chi connectivity index (χ0n) is 13.3. The molecule has 2 aromatic rings. The SMILES string of the molecule is CC1CCC(c2ccc(C(=O)Oc3cccc(F)c3)cc2)CC1. The predicted octanol–water partition coefficient (Wildman–Crippen LogP) is 5.34. The van der Waals surface area contributed by atoms with E-state index in [1.807, 2.05) is 12.1 Å². The molecule has 0 aliphatic heterocycles. The van der Waals surface area contributed by atoms with E-state index in [1.165, 1.54) is 49.4 Å². The summed E-state index contributed by atoms with van der Waals surface area (Å²) in [6.07, 6.45) is 4.98. The molecule has 3 heteroatoms. The first-order valence-electron chi connectivity index (χ1n) is 8.19. The second kappa shape index (κ2) is 6.95. The van der Waals surface area contributed by atoms with Gasteiger partial charge in [-0.1, -0.05) is 38.0 Å². The minimum atomic E-state index is -0.459. The van der Waals surface area contributed by atoms with E-state index in [0.717, 1.165) is 5.92 Å². The van der Waals surface area contributed by atoms with Gasteiger partial charge < -0.3 is 4.74 Å². The van der Waals surface area contributed by atoms with Crippen LogP contribution in [-0.4, -0.2) is 5.97 Å². The standard InChI is InChI=1S/C20H21FO2/c1-14-5-7-15(8-6-14)16-9-11-17(12-10-16)20(22)23-19-4-2-3-18(21)13-19/h2-4,9-15H,5-8H2,1H3. The van der Waals surface area contributed by atoms with Crippen LogP contribution in [0.3, 0.4) is 0 Å². The van der Waals surface area contributed by atoms with Crippen LogP contribution < -0.4 is 4.74 Å². The molecule has 120 valence electrons. The molecule has 0 saturated heterocycles. The normalized spacial score (nSPS) is 21.0. The van der Waals surface area contributed by atoms with Gasteiger partial charge in [-0.25, -0.2) is 9.18 Å². The third-order valence-electron chi connectivity index (χ3n) is 4.64. The molecule has 23 heavy (non-hydrogen) atoms. The van der Waals surface area contributed by atoms with Gasteiger partial charge in [0, 0.05) is 6.07 Å². The Labute approximate surface area is 136 Å². The zero-order chi connectivity index (χ0) is 16.2. The smallest absolute Gasteiger partial charge is 0.343 e. The van der Waals surface area contributed by atoms with Crippen LogP contribution in [0.1, 0.15) is 54.4 Å². The lowest BCUT2D eigenvalue weighted by molar-refractivity contribution is 0.0734. The second-order valence-electron chi connectivity index (χ2n) is 6.43. The molecule has 0 unspecified atom stereocenters. The van der Waals surface area contributed by atoms with E-state index >= 15 is 0 Å². The molecule has 0 amide bonds. The van der Waals surface area contributed by atoms with Gasteiger partial charge in [0.1, 0.15) is 11.6 Å². The van der Waals surface area contributed by atoms with E-state index in [1.54, 1.807) is 18.2 Å². The maximum atomic E-state index is 13.1. The predicted molar refractivity (Wildman–Crippen MR) is 88.2 cm³/mol. The van der Waals surface area contributed by atoms with Crippen LogP contribution >= 0.6 is 0 Å². The summed E-state index contributed by atoms with van der Waals surface area (Å²) in [5.74, 6) is 0.767. The fourth-order valence-corrected chi connectivity index (χ4v) is 3.18. The third kappa shape index (κ3) is 3.98. The molecule has 3 rings (SSSR count). The van der Waals surface area contributed by atoms with E-state index < -0.39 is 11.8 Å². The molecule has 0 aromatic heterocycles. The lowest BCUT2D eigenvalue weighted by Crippen LogP contribution is -2.12. The number of rotatable bonds is 3. The average molecular weight is 312 g/mol. The number of carbonyl (C=O) groups excluding carboxylic acids is 1. The highest BCUT2D eigenvalue weighted by molar-refractivity contribution is 5.91. The number of carbonyl (C=O) groups is 1. The van der Waals surface area contributed by atoms with E-state index in [2.05, 4.69) is 6.92 Å². The maximum Gasteiger partial charge on any atom is 0.343 e. The van der Waals surface area contributed by atoms with E-state index in [-0.39, 0.29) is 5.75 Å². The molecule has 0 spiro atoms. The summed E-state index contributed by atoms with van der Waals surface area (Å²) in [5.41, 5.74) is 1.78. The van der Waals surface area contributed by atoms with Crippen LogP contribution in [-0.2, 0) is 0 Å². The van der Waals surface area contributed by atoms with Crippen molar-refractivity contribution in [3.8, 4) is 5.75 Å². The van der Waals surface area contributed by atoms with Gasteiger partial charge in [-0.05, 0) is 54.5 Å². The highest BCUT2D eigenvalue weighted by Crippen LogP contribution is 2.35. The van der Waals surface area contributed by atoms with Gasteiger partial charge in [-0.2, -0.15) is 0 Å². The van der Waals surface area contributed by atoms with Gasteiger partial charge in [0.2, 0.25) is 0 Å². The second-order valence-corrected chi connectivity index (χ2v) is 6.43. The average Bonchev–Trinajstić information content (AvgIpc) is 2.56. The maximum absolute atomic E-state index is 13.1. The quantitative estimate of drug-likeness (QED) is 0.565. The Morgan fingerprint density at radius 2 is 1.74 bits per heavy atom. The minimum Gasteiger partial charge on any atom is -0.423 e. The first kappa shape index (κ1) is 15.7. The summed E-state index contributed by atoms with van der Waals surface area (Å²) < 4.78 is 18.3. The number of ether oxygens (including phenoxy) is 1. The summed E-state index contributed by atoms with van der Waals surface area (Å²) in [6.45, 7) is 2.31. The summed E-state index contributed by atoms with van der Waals surface area (Å²) >= 11 is 0. The van der Waals surface area contributed by atoms with Gasteiger partial charge >= 0.3 is 5.97 Å². The lowest BCUT2D eigenvalue weighted by atomic mass is 9.79. The van der Waals surface area contributed by atoms with Crippen molar-refractivity contribution in [2.75, 3.05) is 0 Å². The highest BCUT2D eigenvalue weighted by atomic mass is 19.1. The van der Waals surface area contributed by atoms with Gasteiger partial charge in [-0.3, -0.25) is 0 Å². The fraction of sp³-hybridized carbons (Fsp3) is 0.350. The summed E-state index contributed by atoms with van der Waals surface area (Å²) in [6, 6.07) is 13.2. The topological polar surface area (TPSA) is 26.3 Å². The van der Waals surface area contributed by atoms with Crippen LogP contribution in [0.25, 0.3) is 0 Å². The van der Waals surface area contributed by atoms with Crippen LogP contribution in [0.2, 0.25) is 0 Å². The van der Waals surface area contributed by atoms with Crippen molar-refractivity contribution < 1.29 is 13.9 Å². The molecule has 0 heterocycles. The van der Waals surface area contributed by atoms with Crippen molar-refractivity contribution in [2.45, 2.75) is 38.5 Å². The summed E-state index contributed by atoms with van der Waals surface area (Å²) in [4.78, 5) is 12.1. The van der Waals surface area contributed by atoms with Gasteiger partial charge in [0.15, 0.2) is 0 Å². The molecule has 1 aliphatic rings. The van der Waals surface area contributed by atoms with Crippen molar-refractivity contribution >= 4 is 5.97 Å². The Morgan fingerprint density at radius 3 is 2.39 bits per heavy atom. The fourth-order valence-electron chi connectivity index (χ4n) is 3.18. The molecule has 2 nitrogen and oxygen atoms in total. The van der Waals surface area contributed by atoms with Gasteiger partial charge in [0.25, 0.3) is 0 Å². The largest absolute Gasteiger partial charge is 0.423 e. The monoisotopic (exact) mass is 312 g/mol. The number of esters is 1. The van der Waals surface area contributed by atoms with E-state index in [0.29, 0.717) is 11.5 Å². The molecule has 1 saturated carbocycles. The van der Waals surface area contributed by atoms with Crippen molar-refractivity contribution in [1.82, 2.24) is 0 Å².